The molecule has 2 atom stereocenters. The molecule has 0 unspecified atom stereocenters. The Labute approximate surface area is 202 Å². The number of carboxylic acids is 4. The molecule has 0 aliphatic rings. The summed E-state index contributed by atoms with van der Waals surface area (Å²) in [5.41, 5.74) is 8.82. The van der Waals surface area contributed by atoms with Crippen molar-refractivity contribution in [3.8, 4) is 0 Å². The average molecular weight is 489 g/mol. The molecule has 198 valence electrons. The fraction of sp³-hybridized carbons (Fsp3) is 0.833. The summed E-state index contributed by atoms with van der Waals surface area (Å²) in [5, 5.41) is 36.0. The molecule has 0 aliphatic heterocycles. The first-order valence-electron chi connectivity index (χ1n) is 12.4. The Bertz CT molecular complexity index is 588. The minimum atomic E-state index is -1.46. The van der Waals surface area contributed by atoms with Gasteiger partial charge in [0.2, 0.25) is 0 Å². The molecular weight excluding hydrogens is 444 g/mol. The number of hydrogen-bond acceptors (Lipinski definition) is 6. The Hall–Kier alpha value is -2.20. The third kappa shape index (κ3) is 14.8. The van der Waals surface area contributed by atoms with Crippen molar-refractivity contribution in [2.24, 2.45) is 11.5 Å². The molecular formula is C24H44N2O8. The Morgan fingerprint density at radius 3 is 0.882 bits per heavy atom. The Kier molecular flexibility index (Phi) is 16.1. The highest BCUT2D eigenvalue weighted by Crippen LogP contribution is 2.21. The highest BCUT2D eigenvalue weighted by Gasteiger charge is 2.34. The Morgan fingerprint density at radius 2 is 0.676 bits per heavy atom. The molecule has 0 aromatic carbocycles. The van der Waals surface area contributed by atoms with Crippen LogP contribution in [0.25, 0.3) is 0 Å². The lowest BCUT2D eigenvalue weighted by molar-refractivity contribution is -0.146. The van der Waals surface area contributed by atoms with E-state index in [9.17, 15) is 29.4 Å². The summed E-state index contributed by atoms with van der Waals surface area (Å²) in [7, 11) is 0. The van der Waals surface area contributed by atoms with Crippen molar-refractivity contribution in [3.05, 3.63) is 0 Å². The number of aliphatic carboxylic acids is 4. The van der Waals surface area contributed by atoms with Gasteiger partial charge in [-0.3, -0.25) is 19.2 Å². The maximum atomic E-state index is 11.3. The van der Waals surface area contributed by atoms with E-state index >= 15 is 0 Å². The molecule has 0 radical (unpaired) electrons. The Morgan fingerprint density at radius 1 is 0.441 bits per heavy atom. The first-order chi connectivity index (χ1) is 15.9. The minimum Gasteiger partial charge on any atom is -0.481 e. The molecule has 0 bridgehead atoms. The van der Waals surface area contributed by atoms with Crippen LogP contribution in [0.15, 0.2) is 0 Å². The molecule has 0 aromatic heterocycles. The van der Waals surface area contributed by atoms with Crippen molar-refractivity contribution in [2.75, 3.05) is 0 Å². The lowest BCUT2D eigenvalue weighted by Crippen LogP contribution is -2.48. The summed E-state index contributed by atoms with van der Waals surface area (Å²) in [6.07, 6.45) is 11.7. The quantitative estimate of drug-likeness (QED) is 0.115. The highest BCUT2D eigenvalue weighted by molar-refractivity contribution is 5.80. The van der Waals surface area contributed by atoms with E-state index in [1.165, 1.54) is 0 Å². The fourth-order valence-electron chi connectivity index (χ4n) is 3.99. The van der Waals surface area contributed by atoms with Crippen LogP contribution in [0, 0.1) is 0 Å². The third-order valence-electron chi connectivity index (χ3n) is 6.42. The maximum absolute atomic E-state index is 11.3. The molecule has 0 spiro atoms. The zero-order chi connectivity index (χ0) is 26.0. The van der Waals surface area contributed by atoms with Crippen LogP contribution in [0.4, 0.5) is 0 Å². The number of nitrogens with two attached hydrogens (primary N) is 2. The zero-order valence-corrected chi connectivity index (χ0v) is 20.3. The van der Waals surface area contributed by atoms with E-state index < -0.39 is 35.0 Å². The maximum Gasteiger partial charge on any atom is 0.323 e. The normalized spacial score (nSPS) is 14.8. The number of rotatable bonds is 23. The number of unbranched alkanes of at least 4 members (excludes halogenated alkanes) is 11. The van der Waals surface area contributed by atoms with Gasteiger partial charge in [-0.1, -0.05) is 77.0 Å². The molecule has 0 heterocycles. The van der Waals surface area contributed by atoms with Crippen LogP contribution in [0.5, 0.6) is 0 Å². The SMILES string of the molecule is N[C@@](CCCCCCCCCCCCCC[C@](N)(CCC(=O)O)C(=O)O)(CCC(=O)O)C(=O)O. The number of hydrogen-bond donors (Lipinski definition) is 6. The van der Waals surface area contributed by atoms with Crippen LogP contribution in [-0.2, 0) is 19.2 Å². The predicted octanol–water partition coefficient (Wildman–Crippen LogP) is 3.74. The van der Waals surface area contributed by atoms with E-state index in [0.29, 0.717) is 12.8 Å². The molecule has 8 N–H and O–H groups in total. The van der Waals surface area contributed by atoms with E-state index in [-0.39, 0.29) is 38.5 Å². The van der Waals surface area contributed by atoms with Gasteiger partial charge in [-0.05, 0) is 25.7 Å². The van der Waals surface area contributed by atoms with Crippen LogP contribution < -0.4 is 11.5 Å². The molecule has 0 saturated carbocycles. The molecule has 0 saturated heterocycles. The van der Waals surface area contributed by atoms with Crippen molar-refractivity contribution < 1.29 is 39.6 Å². The summed E-state index contributed by atoms with van der Waals surface area (Å²) < 4.78 is 0. The standard InChI is InChI=1S/C24H44N2O8/c25-23(21(31)32,17-13-19(27)28)15-11-9-7-5-3-1-2-4-6-8-10-12-16-24(26,22(33)34)18-14-20(29)30/h1-18,25-26H2,(H,27,28)(H,29,30)(H,31,32)(H,33,34)/t23-,24-/m0/s1. The Balaban J connectivity index is 3.72. The van der Waals surface area contributed by atoms with Gasteiger partial charge < -0.3 is 31.9 Å². The van der Waals surface area contributed by atoms with Crippen molar-refractivity contribution in [1.82, 2.24) is 0 Å². The topological polar surface area (TPSA) is 201 Å². The van der Waals surface area contributed by atoms with E-state index in [0.717, 1.165) is 64.2 Å². The van der Waals surface area contributed by atoms with Crippen LogP contribution >= 0.6 is 0 Å². The van der Waals surface area contributed by atoms with Gasteiger partial charge in [0.15, 0.2) is 0 Å². The summed E-state index contributed by atoms with van der Waals surface area (Å²) in [6, 6.07) is 0. The highest BCUT2D eigenvalue weighted by atomic mass is 16.4. The van der Waals surface area contributed by atoms with Gasteiger partial charge in [0.25, 0.3) is 0 Å². The van der Waals surface area contributed by atoms with E-state index in [4.69, 9.17) is 21.7 Å². The summed E-state index contributed by atoms with van der Waals surface area (Å²) in [5.74, 6) is -4.37. The van der Waals surface area contributed by atoms with Crippen LogP contribution in [0.2, 0.25) is 0 Å². The lowest BCUT2D eigenvalue weighted by Gasteiger charge is -2.23. The van der Waals surface area contributed by atoms with Gasteiger partial charge in [0.05, 0.1) is 0 Å². The first-order valence-corrected chi connectivity index (χ1v) is 12.4. The second-order valence-corrected chi connectivity index (χ2v) is 9.45. The van der Waals surface area contributed by atoms with E-state index in [2.05, 4.69) is 0 Å². The smallest absolute Gasteiger partial charge is 0.323 e. The largest absolute Gasteiger partial charge is 0.481 e. The second kappa shape index (κ2) is 17.3. The van der Waals surface area contributed by atoms with Crippen LogP contribution in [0.3, 0.4) is 0 Å². The lowest BCUT2D eigenvalue weighted by atomic mass is 9.88. The third-order valence-corrected chi connectivity index (χ3v) is 6.42. The van der Waals surface area contributed by atoms with Gasteiger partial charge in [0, 0.05) is 12.8 Å². The zero-order valence-electron chi connectivity index (χ0n) is 20.3. The van der Waals surface area contributed by atoms with Gasteiger partial charge in [-0.25, -0.2) is 0 Å². The molecule has 10 nitrogen and oxygen atoms in total. The van der Waals surface area contributed by atoms with Gasteiger partial charge in [0.1, 0.15) is 11.1 Å². The van der Waals surface area contributed by atoms with Gasteiger partial charge in [-0.15, -0.1) is 0 Å². The first kappa shape index (κ1) is 31.8. The van der Waals surface area contributed by atoms with Gasteiger partial charge in [-0.2, -0.15) is 0 Å². The monoisotopic (exact) mass is 488 g/mol. The molecule has 0 fully saturated rings. The second-order valence-electron chi connectivity index (χ2n) is 9.45. The fourth-order valence-corrected chi connectivity index (χ4v) is 3.99. The number of carbonyl (C=O) groups is 4. The van der Waals surface area contributed by atoms with Crippen LogP contribution in [-0.4, -0.2) is 55.4 Å². The minimum absolute atomic E-state index is 0.0605. The molecule has 10 heteroatoms. The average Bonchev–Trinajstić information content (AvgIpc) is 2.76. The van der Waals surface area contributed by atoms with Crippen molar-refractivity contribution >= 4 is 23.9 Å². The predicted molar refractivity (Wildman–Crippen MR) is 127 cm³/mol. The van der Waals surface area contributed by atoms with Crippen LogP contribution in [0.1, 0.15) is 116 Å². The van der Waals surface area contributed by atoms with E-state index in [1.54, 1.807) is 0 Å². The van der Waals surface area contributed by atoms with Crippen molar-refractivity contribution in [2.45, 2.75) is 127 Å². The molecule has 0 amide bonds. The molecule has 34 heavy (non-hydrogen) atoms. The molecule has 0 rings (SSSR count). The molecule has 0 aliphatic carbocycles. The summed E-state index contributed by atoms with van der Waals surface area (Å²) in [4.78, 5) is 44.0. The van der Waals surface area contributed by atoms with Gasteiger partial charge >= 0.3 is 23.9 Å². The summed E-state index contributed by atoms with van der Waals surface area (Å²) in [6.45, 7) is 0. The van der Waals surface area contributed by atoms with Crippen molar-refractivity contribution in [3.63, 3.8) is 0 Å². The summed E-state index contributed by atoms with van der Waals surface area (Å²) >= 11 is 0. The van der Waals surface area contributed by atoms with E-state index in [1.807, 2.05) is 0 Å². The van der Waals surface area contributed by atoms with Crippen molar-refractivity contribution in [1.29, 1.82) is 0 Å². The number of carboxylic acid groups (broad SMARTS) is 4. The molecule has 0 aromatic rings.